The molecule has 1 heterocycles. The molecule has 0 spiro atoms. The molecule has 0 bridgehead atoms. The molecule has 1 aromatic carbocycles. The summed E-state index contributed by atoms with van der Waals surface area (Å²) in [6.45, 7) is 5.10. The van der Waals surface area contributed by atoms with E-state index in [4.69, 9.17) is 9.47 Å². The molecular formula is C15H22FNO2. The van der Waals surface area contributed by atoms with Gasteiger partial charge in [-0.3, -0.25) is 0 Å². The van der Waals surface area contributed by atoms with E-state index in [0.717, 1.165) is 25.1 Å². The molecule has 0 amide bonds. The lowest BCUT2D eigenvalue weighted by atomic mass is 9.95. The minimum atomic E-state index is -0.333. The Bertz CT molecular complexity index is 423. The van der Waals surface area contributed by atoms with Gasteiger partial charge >= 0.3 is 0 Å². The van der Waals surface area contributed by atoms with Crippen molar-refractivity contribution in [1.82, 2.24) is 0 Å². The molecule has 19 heavy (non-hydrogen) atoms. The van der Waals surface area contributed by atoms with Gasteiger partial charge in [-0.2, -0.15) is 0 Å². The molecule has 106 valence electrons. The molecule has 2 atom stereocenters. The van der Waals surface area contributed by atoms with Crippen molar-refractivity contribution in [2.24, 2.45) is 5.92 Å². The summed E-state index contributed by atoms with van der Waals surface area (Å²) in [5.74, 6) is 0.453. The molecule has 3 nitrogen and oxygen atoms in total. The van der Waals surface area contributed by atoms with Crippen molar-refractivity contribution in [2.45, 2.75) is 38.8 Å². The van der Waals surface area contributed by atoms with Crippen LogP contribution in [0.2, 0.25) is 0 Å². The number of hydrogen-bond donors (Lipinski definition) is 1. The second-order valence-corrected chi connectivity index (χ2v) is 5.37. The smallest absolute Gasteiger partial charge is 0.167 e. The van der Waals surface area contributed by atoms with Crippen molar-refractivity contribution >= 4 is 5.69 Å². The topological polar surface area (TPSA) is 30.5 Å². The first kappa shape index (κ1) is 14.1. The van der Waals surface area contributed by atoms with Crippen LogP contribution in [-0.2, 0) is 4.74 Å². The molecule has 2 unspecified atom stereocenters. The summed E-state index contributed by atoms with van der Waals surface area (Å²) in [7, 11) is 1.47. The van der Waals surface area contributed by atoms with Gasteiger partial charge in [-0.25, -0.2) is 4.39 Å². The first-order chi connectivity index (χ1) is 9.10. The number of benzene rings is 1. The largest absolute Gasteiger partial charge is 0.494 e. The van der Waals surface area contributed by atoms with E-state index in [1.807, 2.05) is 6.07 Å². The molecule has 1 N–H and O–H groups in total. The molecule has 1 aliphatic rings. The third kappa shape index (κ3) is 3.60. The van der Waals surface area contributed by atoms with Crippen LogP contribution in [0.15, 0.2) is 18.2 Å². The number of halogens is 1. The van der Waals surface area contributed by atoms with E-state index in [1.54, 1.807) is 6.07 Å². The summed E-state index contributed by atoms with van der Waals surface area (Å²) in [5.41, 5.74) is 0.799. The van der Waals surface area contributed by atoms with E-state index >= 15 is 0 Å². The maximum Gasteiger partial charge on any atom is 0.167 e. The molecule has 0 saturated carbocycles. The van der Waals surface area contributed by atoms with Crippen LogP contribution in [0.3, 0.4) is 0 Å². The third-order valence-electron chi connectivity index (χ3n) is 3.58. The van der Waals surface area contributed by atoms with Crippen LogP contribution < -0.4 is 10.1 Å². The van der Waals surface area contributed by atoms with Gasteiger partial charge in [0.15, 0.2) is 11.6 Å². The highest BCUT2D eigenvalue weighted by Gasteiger charge is 2.24. The van der Waals surface area contributed by atoms with Crippen molar-refractivity contribution in [3.05, 3.63) is 24.0 Å². The standard InChI is InChI=1S/C15H22FNO2/c1-10(2)15-9-12(6-7-19-15)17-11-4-5-14(18-3)13(16)8-11/h4-5,8,10,12,15,17H,6-7,9H2,1-3H3. The molecule has 2 rings (SSSR count). The Morgan fingerprint density at radius 1 is 1.42 bits per heavy atom. The maximum atomic E-state index is 13.6. The highest BCUT2D eigenvalue weighted by Crippen LogP contribution is 2.25. The normalized spacial score (nSPS) is 23.4. The Morgan fingerprint density at radius 3 is 2.84 bits per heavy atom. The van der Waals surface area contributed by atoms with Crippen molar-refractivity contribution in [1.29, 1.82) is 0 Å². The molecule has 4 heteroatoms. The summed E-state index contributed by atoms with van der Waals surface area (Å²) < 4.78 is 24.3. The number of rotatable bonds is 4. The van der Waals surface area contributed by atoms with E-state index in [0.29, 0.717) is 12.0 Å². The van der Waals surface area contributed by atoms with Gasteiger partial charge in [0.25, 0.3) is 0 Å². The Morgan fingerprint density at radius 2 is 2.21 bits per heavy atom. The molecule has 0 radical (unpaired) electrons. The monoisotopic (exact) mass is 267 g/mol. The predicted molar refractivity (Wildman–Crippen MR) is 74.2 cm³/mol. The van der Waals surface area contributed by atoms with Crippen molar-refractivity contribution < 1.29 is 13.9 Å². The fraction of sp³-hybridized carbons (Fsp3) is 0.600. The quantitative estimate of drug-likeness (QED) is 0.906. The van der Waals surface area contributed by atoms with Crippen LogP contribution in [-0.4, -0.2) is 25.9 Å². The van der Waals surface area contributed by atoms with Crippen LogP contribution in [0.1, 0.15) is 26.7 Å². The molecular weight excluding hydrogens is 245 g/mol. The maximum absolute atomic E-state index is 13.6. The van der Waals surface area contributed by atoms with Gasteiger partial charge in [-0.05, 0) is 30.9 Å². The third-order valence-corrected chi connectivity index (χ3v) is 3.58. The van der Waals surface area contributed by atoms with E-state index in [1.165, 1.54) is 13.2 Å². The Hall–Kier alpha value is -1.29. The van der Waals surface area contributed by atoms with Crippen LogP contribution in [0.25, 0.3) is 0 Å². The number of ether oxygens (including phenoxy) is 2. The van der Waals surface area contributed by atoms with Gasteiger partial charge < -0.3 is 14.8 Å². The van der Waals surface area contributed by atoms with Gasteiger partial charge in [0.1, 0.15) is 0 Å². The molecule has 1 saturated heterocycles. The minimum absolute atomic E-state index is 0.276. The van der Waals surface area contributed by atoms with Crippen LogP contribution in [0.5, 0.6) is 5.75 Å². The van der Waals surface area contributed by atoms with E-state index in [9.17, 15) is 4.39 Å². The van der Waals surface area contributed by atoms with Crippen molar-refractivity contribution in [2.75, 3.05) is 19.0 Å². The molecule has 1 aromatic rings. The second kappa shape index (κ2) is 6.24. The molecule has 0 aromatic heterocycles. The Labute approximate surface area is 114 Å². The summed E-state index contributed by atoms with van der Waals surface area (Å²) in [6, 6.07) is 5.33. The van der Waals surface area contributed by atoms with E-state index < -0.39 is 0 Å². The van der Waals surface area contributed by atoms with Gasteiger partial charge in [-0.15, -0.1) is 0 Å². The average Bonchev–Trinajstić information content (AvgIpc) is 2.39. The average molecular weight is 267 g/mol. The fourth-order valence-electron chi connectivity index (χ4n) is 2.42. The first-order valence-electron chi connectivity index (χ1n) is 6.82. The summed E-state index contributed by atoms with van der Waals surface area (Å²) >= 11 is 0. The van der Waals surface area contributed by atoms with Gasteiger partial charge in [0, 0.05) is 24.4 Å². The lowest BCUT2D eigenvalue weighted by molar-refractivity contribution is -0.0160. The Kier molecular flexibility index (Phi) is 4.64. The summed E-state index contributed by atoms with van der Waals surface area (Å²) in [5, 5.41) is 3.38. The number of hydrogen-bond acceptors (Lipinski definition) is 3. The van der Waals surface area contributed by atoms with Gasteiger partial charge in [0.05, 0.1) is 13.2 Å². The SMILES string of the molecule is COc1ccc(NC2CCOC(C(C)C)C2)cc1F. The number of anilines is 1. The zero-order chi connectivity index (χ0) is 13.8. The highest BCUT2D eigenvalue weighted by molar-refractivity contribution is 5.48. The highest BCUT2D eigenvalue weighted by atomic mass is 19.1. The van der Waals surface area contributed by atoms with Crippen molar-refractivity contribution in [3.63, 3.8) is 0 Å². The summed E-state index contributed by atoms with van der Waals surface area (Å²) in [6.07, 6.45) is 2.21. The molecule has 1 fully saturated rings. The van der Waals surface area contributed by atoms with E-state index in [-0.39, 0.29) is 17.7 Å². The number of methoxy groups -OCH3 is 1. The van der Waals surface area contributed by atoms with Crippen LogP contribution >= 0.6 is 0 Å². The predicted octanol–water partition coefficient (Wildman–Crippen LogP) is 3.45. The van der Waals surface area contributed by atoms with Crippen LogP contribution in [0, 0.1) is 11.7 Å². The van der Waals surface area contributed by atoms with Crippen molar-refractivity contribution in [3.8, 4) is 5.75 Å². The summed E-state index contributed by atoms with van der Waals surface area (Å²) in [4.78, 5) is 0. The zero-order valence-corrected chi connectivity index (χ0v) is 11.8. The Balaban J connectivity index is 1.98. The fourth-order valence-corrected chi connectivity index (χ4v) is 2.42. The van der Waals surface area contributed by atoms with Gasteiger partial charge in [-0.1, -0.05) is 13.8 Å². The second-order valence-electron chi connectivity index (χ2n) is 5.37. The van der Waals surface area contributed by atoms with Gasteiger partial charge in [0.2, 0.25) is 0 Å². The zero-order valence-electron chi connectivity index (χ0n) is 11.8. The number of nitrogens with one attached hydrogen (secondary N) is 1. The van der Waals surface area contributed by atoms with E-state index in [2.05, 4.69) is 19.2 Å². The lowest BCUT2D eigenvalue weighted by Gasteiger charge is -2.33. The van der Waals surface area contributed by atoms with Crippen LogP contribution in [0.4, 0.5) is 10.1 Å². The lowest BCUT2D eigenvalue weighted by Crippen LogP contribution is -2.36. The first-order valence-corrected chi connectivity index (χ1v) is 6.82. The molecule has 1 aliphatic heterocycles. The molecule has 0 aliphatic carbocycles. The minimum Gasteiger partial charge on any atom is -0.494 e.